The van der Waals surface area contributed by atoms with Gasteiger partial charge in [-0.1, -0.05) is 29.5 Å². The van der Waals surface area contributed by atoms with E-state index in [1.54, 1.807) is 48.5 Å². The number of carbonyl (C=O) groups excluding carboxylic acids is 2. The second kappa shape index (κ2) is 9.60. The molecular weight excluding hydrogens is 444 g/mol. The monoisotopic (exact) mass is 462 g/mol. The highest BCUT2D eigenvalue weighted by molar-refractivity contribution is 5.99. The molecule has 34 heavy (non-hydrogen) atoms. The van der Waals surface area contributed by atoms with Gasteiger partial charge in [0, 0.05) is 5.56 Å². The van der Waals surface area contributed by atoms with Gasteiger partial charge in [-0.25, -0.2) is 14.8 Å². The van der Waals surface area contributed by atoms with Crippen LogP contribution >= 0.6 is 0 Å². The van der Waals surface area contributed by atoms with Crippen LogP contribution in [0, 0.1) is 0 Å². The van der Waals surface area contributed by atoms with Gasteiger partial charge in [0.15, 0.2) is 5.69 Å². The lowest BCUT2D eigenvalue weighted by atomic mass is 10.1. The largest absolute Gasteiger partial charge is 0.497 e. The van der Waals surface area contributed by atoms with Crippen LogP contribution in [-0.4, -0.2) is 57.6 Å². The zero-order valence-corrected chi connectivity index (χ0v) is 18.0. The van der Waals surface area contributed by atoms with Crippen molar-refractivity contribution in [2.24, 2.45) is 5.10 Å². The standard InChI is InChI=1S/C21H18N8O5/c1-32-15-5-3-4-14(10-15)17-16(24-28-29(17)19-18(22)26-34-27-19)20(30)25-23-11-12-6-8-13(9-7-12)21(31)33-2/h3-11H,1-2H3,(H2,22,26)(H,25,30). The van der Waals surface area contributed by atoms with Crippen LogP contribution in [-0.2, 0) is 4.74 Å². The average molecular weight is 462 g/mol. The molecule has 0 unspecified atom stereocenters. The summed E-state index contributed by atoms with van der Waals surface area (Å²) in [5.41, 5.74) is 10.0. The molecule has 0 aliphatic carbocycles. The molecule has 2 aromatic heterocycles. The molecule has 0 saturated carbocycles. The first-order chi connectivity index (χ1) is 16.5. The normalized spacial score (nSPS) is 10.9. The maximum absolute atomic E-state index is 12.9. The fourth-order valence-electron chi connectivity index (χ4n) is 2.99. The number of hydrazone groups is 1. The number of esters is 1. The number of amides is 1. The van der Waals surface area contributed by atoms with E-state index in [-0.39, 0.29) is 23.0 Å². The number of anilines is 1. The van der Waals surface area contributed by atoms with Crippen LogP contribution < -0.4 is 15.9 Å². The predicted molar refractivity (Wildman–Crippen MR) is 118 cm³/mol. The Labute approximate surface area is 192 Å². The fourth-order valence-corrected chi connectivity index (χ4v) is 2.99. The summed E-state index contributed by atoms with van der Waals surface area (Å²) < 4.78 is 15.8. The van der Waals surface area contributed by atoms with Gasteiger partial charge >= 0.3 is 5.97 Å². The van der Waals surface area contributed by atoms with Crippen molar-refractivity contribution in [3.8, 4) is 22.8 Å². The minimum absolute atomic E-state index is 0.0329. The molecule has 4 aromatic rings. The summed E-state index contributed by atoms with van der Waals surface area (Å²) in [5.74, 6) is -0.501. The van der Waals surface area contributed by atoms with Crippen LogP contribution in [0.5, 0.6) is 5.75 Å². The first-order valence-corrected chi connectivity index (χ1v) is 9.72. The van der Waals surface area contributed by atoms with Crippen LogP contribution in [0.2, 0.25) is 0 Å². The van der Waals surface area contributed by atoms with Gasteiger partial charge in [0.2, 0.25) is 11.6 Å². The summed E-state index contributed by atoms with van der Waals surface area (Å²) in [5, 5.41) is 19.2. The molecule has 0 aliphatic rings. The Bertz CT molecular complexity index is 1360. The van der Waals surface area contributed by atoms with Crippen molar-refractivity contribution in [3.63, 3.8) is 0 Å². The van der Waals surface area contributed by atoms with Gasteiger partial charge < -0.3 is 15.2 Å². The first kappa shape index (κ1) is 22.1. The molecule has 172 valence electrons. The van der Waals surface area contributed by atoms with Crippen LogP contribution in [0.25, 0.3) is 17.1 Å². The zero-order chi connectivity index (χ0) is 24.1. The molecule has 2 aromatic carbocycles. The third-order valence-electron chi connectivity index (χ3n) is 4.64. The van der Waals surface area contributed by atoms with E-state index in [0.717, 1.165) is 0 Å². The lowest BCUT2D eigenvalue weighted by Crippen LogP contribution is -2.19. The van der Waals surface area contributed by atoms with E-state index in [2.05, 4.69) is 40.5 Å². The molecule has 4 rings (SSSR count). The van der Waals surface area contributed by atoms with Crippen molar-refractivity contribution in [2.75, 3.05) is 20.0 Å². The molecule has 0 spiro atoms. The van der Waals surface area contributed by atoms with Gasteiger partial charge in [-0.15, -0.1) is 5.10 Å². The van der Waals surface area contributed by atoms with Gasteiger partial charge in [0.05, 0.1) is 26.0 Å². The van der Waals surface area contributed by atoms with Gasteiger partial charge in [0.25, 0.3) is 5.91 Å². The van der Waals surface area contributed by atoms with E-state index in [1.165, 1.54) is 25.1 Å². The summed E-state index contributed by atoms with van der Waals surface area (Å²) in [4.78, 5) is 24.4. The summed E-state index contributed by atoms with van der Waals surface area (Å²) in [6.07, 6.45) is 1.41. The molecule has 1 amide bonds. The highest BCUT2D eigenvalue weighted by Crippen LogP contribution is 2.28. The van der Waals surface area contributed by atoms with Crippen LogP contribution in [0.1, 0.15) is 26.4 Å². The Balaban J connectivity index is 1.62. The molecular formula is C21H18N8O5. The number of ether oxygens (including phenoxy) is 2. The number of hydrogen-bond donors (Lipinski definition) is 2. The molecule has 0 saturated heterocycles. The van der Waals surface area contributed by atoms with Crippen LogP contribution in [0.15, 0.2) is 58.3 Å². The summed E-state index contributed by atoms with van der Waals surface area (Å²) in [6.45, 7) is 0. The fraction of sp³-hybridized carbons (Fsp3) is 0.0952. The Morgan fingerprint density at radius 3 is 2.62 bits per heavy atom. The molecule has 0 atom stereocenters. The summed E-state index contributed by atoms with van der Waals surface area (Å²) in [6, 6.07) is 13.4. The molecule has 13 heteroatoms. The Morgan fingerprint density at radius 1 is 1.15 bits per heavy atom. The summed E-state index contributed by atoms with van der Waals surface area (Å²) >= 11 is 0. The number of nitrogens with one attached hydrogen (secondary N) is 1. The summed E-state index contributed by atoms with van der Waals surface area (Å²) in [7, 11) is 2.82. The number of nitrogens with zero attached hydrogens (tertiary/aromatic N) is 6. The smallest absolute Gasteiger partial charge is 0.337 e. The SMILES string of the molecule is COC(=O)c1ccc(C=NNC(=O)c2nnn(-c3nonc3N)c2-c2cccc(OC)c2)cc1. The van der Waals surface area contributed by atoms with Gasteiger partial charge in [-0.2, -0.15) is 9.78 Å². The highest BCUT2D eigenvalue weighted by atomic mass is 16.6. The second-order valence-corrected chi connectivity index (χ2v) is 6.72. The number of carbonyl (C=O) groups is 2. The van der Waals surface area contributed by atoms with Gasteiger partial charge in [-0.3, -0.25) is 4.79 Å². The number of methoxy groups -OCH3 is 2. The maximum Gasteiger partial charge on any atom is 0.337 e. The van der Waals surface area contributed by atoms with Crippen molar-refractivity contribution in [1.29, 1.82) is 0 Å². The number of nitrogens with two attached hydrogens (primary N) is 1. The van der Waals surface area contributed by atoms with E-state index >= 15 is 0 Å². The molecule has 13 nitrogen and oxygen atoms in total. The van der Waals surface area contributed by atoms with Crippen molar-refractivity contribution < 1.29 is 23.7 Å². The lowest BCUT2D eigenvalue weighted by molar-refractivity contribution is 0.0600. The molecule has 0 aliphatic heterocycles. The van der Waals surface area contributed by atoms with E-state index < -0.39 is 11.9 Å². The Hall–Kier alpha value is -5.07. The lowest BCUT2D eigenvalue weighted by Gasteiger charge is -2.07. The van der Waals surface area contributed by atoms with E-state index in [0.29, 0.717) is 22.4 Å². The topological polar surface area (TPSA) is 173 Å². The number of nitrogen functional groups attached to an aromatic ring is 1. The predicted octanol–water partition coefficient (Wildman–Crippen LogP) is 1.46. The Kier molecular flexibility index (Phi) is 6.25. The highest BCUT2D eigenvalue weighted by Gasteiger charge is 2.25. The first-order valence-electron chi connectivity index (χ1n) is 9.72. The van der Waals surface area contributed by atoms with Crippen molar-refractivity contribution >= 4 is 23.9 Å². The van der Waals surface area contributed by atoms with Crippen molar-refractivity contribution in [1.82, 2.24) is 30.7 Å². The minimum Gasteiger partial charge on any atom is -0.497 e. The minimum atomic E-state index is -0.637. The molecule has 0 radical (unpaired) electrons. The number of hydrogen-bond acceptors (Lipinski definition) is 11. The quantitative estimate of drug-likeness (QED) is 0.232. The van der Waals surface area contributed by atoms with Crippen LogP contribution in [0.4, 0.5) is 5.82 Å². The number of benzene rings is 2. The average Bonchev–Trinajstić information content (AvgIpc) is 3.50. The van der Waals surface area contributed by atoms with Gasteiger partial charge in [-0.05, 0) is 40.1 Å². The Morgan fingerprint density at radius 2 is 1.94 bits per heavy atom. The zero-order valence-electron chi connectivity index (χ0n) is 18.0. The van der Waals surface area contributed by atoms with E-state index in [4.69, 9.17) is 10.5 Å². The van der Waals surface area contributed by atoms with E-state index in [1.807, 2.05) is 0 Å². The van der Waals surface area contributed by atoms with Gasteiger partial charge in [0.1, 0.15) is 11.4 Å². The third-order valence-corrected chi connectivity index (χ3v) is 4.64. The maximum atomic E-state index is 12.9. The molecule has 2 heterocycles. The number of aromatic nitrogens is 5. The second-order valence-electron chi connectivity index (χ2n) is 6.72. The van der Waals surface area contributed by atoms with Crippen molar-refractivity contribution in [3.05, 3.63) is 65.4 Å². The molecule has 0 fully saturated rings. The van der Waals surface area contributed by atoms with Crippen molar-refractivity contribution in [2.45, 2.75) is 0 Å². The van der Waals surface area contributed by atoms with E-state index in [9.17, 15) is 9.59 Å². The third kappa shape index (κ3) is 4.43. The number of rotatable bonds is 7. The molecule has 3 N–H and O–H groups in total. The van der Waals surface area contributed by atoms with Crippen LogP contribution in [0.3, 0.4) is 0 Å². The molecule has 0 bridgehead atoms.